The summed E-state index contributed by atoms with van der Waals surface area (Å²) in [7, 11) is 1.78. The second kappa shape index (κ2) is 8.78. The summed E-state index contributed by atoms with van der Waals surface area (Å²) in [6.07, 6.45) is 1.61. The van der Waals surface area contributed by atoms with Crippen LogP contribution in [0.1, 0.15) is 35.9 Å². The average molecular weight is 381 g/mol. The normalized spacial score (nSPS) is 10.9. The third-order valence-electron chi connectivity index (χ3n) is 4.73. The van der Waals surface area contributed by atoms with E-state index < -0.39 is 0 Å². The van der Waals surface area contributed by atoms with E-state index in [0.717, 1.165) is 12.0 Å². The van der Waals surface area contributed by atoms with E-state index in [9.17, 15) is 9.18 Å². The molecule has 0 N–H and O–H groups in total. The third-order valence-corrected chi connectivity index (χ3v) is 4.73. The topological polar surface area (TPSA) is 59.2 Å². The van der Waals surface area contributed by atoms with Gasteiger partial charge in [0.15, 0.2) is 0 Å². The third kappa shape index (κ3) is 4.82. The molecule has 0 aliphatic heterocycles. The number of rotatable bonds is 7. The molecule has 0 spiro atoms. The second-order valence-corrected chi connectivity index (χ2v) is 6.90. The number of halogens is 1. The van der Waals surface area contributed by atoms with Crippen LogP contribution >= 0.6 is 0 Å². The first kappa shape index (κ1) is 19.7. The number of amides is 1. The monoisotopic (exact) mass is 381 g/mol. The average Bonchev–Trinajstić information content (AvgIpc) is 3.17. The molecule has 2 aromatic carbocycles. The number of aryl methyl sites for hydroxylation is 3. The van der Waals surface area contributed by atoms with E-state index >= 15 is 0 Å². The lowest BCUT2D eigenvalue weighted by atomic mass is 10.1. The molecule has 3 aromatic rings. The second-order valence-electron chi connectivity index (χ2n) is 6.90. The minimum atomic E-state index is -0.312. The molecule has 0 aliphatic rings. The van der Waals surface area contributed by atoms with Gasteiger partial charge in [-0.05, 0) is 36.1 Å². The molecule has 5 nitrogen and oxygen atoms in total. The van der Waals surface area contributed by atoms with Crippen molar-refractivity contribution in [2.24, 2.45) is 0 Å². The van der Waals surface area contributed by atoms with Gasteiger partial charge in [-0.1, -0.05) is 48.5 Å². The van der Waals surface area contributed by atoms with Gasteiger partial charge in [-0.3, -0.25) is 4.79 Å². The summed E-state index contributed by atoms with van der Waals surface area (Å²) in [5, 5.41) is 3.89. The van der Waals surface area contributed by atoms with Crippen LogP contribution in [-0.2, 0) is 24.2 Å². The lowest BCUT2D eigenvalue weighted by molar-refractivity contribution is -0.130. The maximum Gasteiger partial charge on any atom is 0.227 e. The molecule has 0 unspecified atom stereocenters. The van der Waals surface area contributed by atoms with Crippen molar-refractivity contribution in [3.8, 4) is 11.4 Å². The summed E-state index contributed by atoms with van der Waals surface area (Å²) in [5.41, 5.74) is 3.48. The Balaban J connectivity index is 1.55. The fraction of sp³-hybridized carbons (Fsp3) is 0.318. The Morgan fingerprint density at radius 3 is 2.54 bits per heavy atom. The first-order valence-corrected chi connectivity index (χ1v) is 9.37. The van der Waals surface area contributed by atoms with Crippen LogP contribution in [0.3, 0.4) is 0 Å². The smallest absolute Gasteiger partial charge is 0.227 e. The van der Waals surface area contributed by atoms with Gasteiger partial charge in [-0.2, -0.15) is 4.98 Å². The molecule has 0 saturated heterocycles. The van der Waals surface area contributed by atoms with Gasteiger partial charge < -0.3 is 9.42 Å². The highest BCUT2D eigenvalue weighted by Crippen LogP contribution is 2.19. The zero-order valence-corrected chi connectivity index (χ0v) is 16.4. The first-order valence-electron chi connectivity index (χ1n) is 9.37. The Morgan fingerprint density at radius 1 is 1.14 bits per heavy atom. The Hall–Kier alpha value is -3.02. The number of hydrogen-bond acceptors (Lipinski definition) is 4. The summed E-state index contributed by atoms with van der Waals surface area (Å²) < 4.78 is 18.9. The van der Waals surface area contributed by atoms with Gasteiger partial charge in [-0.15, -0.1) is 0 Å². The van der Waals surface area contributed by atoms with Crippen molar-refractivity contribution < 1.29 is 13.7 Å². The quantitative estimate of drug-likeness (QED) is 0.611. The maximum absolute atomic E-state index is 13.7. The van der Waals surface area contributed by atoms with Crippen molar-refractivity contribution in [3.63, 3.8) is 0 Å². The van der Waals surface area contributed by atoms with Gasteiger partial charge in [0.1, 0.15) is 5.82 Å². The Kier molecular flexibility index (Phi) is 6.19. The van der Waals surface area contributed by atoms with Gasteiger partial charge in [0.05, 0.1) is 0 Å². The van der Waals surface area contributed by atoms with Crippen molar-refractivity contribution in [1.82, 2.24) is 15.0 Å². The molecule has 0 fully saturated rings. The van der Waals surface area contributed by atoms with Crippen molar-refractivity contribution in [2.45, 2.75) is 39.7 Å². The van der Waals surface area contributed by atoms with E-state index in [4.69, 9.17) is 4.52 Å². The van der Waals surface area contributed by atoms with E-state index in [2.05, 4.69) is 29.2 Å². The van der Waals surface area contributed by atoms with Crippen LogP contribution in [0.2, 0.25) is 0 Å². The summed E-state index contributed by atoms with van der Waals surface area (Å²) in [5.74, 6) is 0.379. The summed E-state index contributed by atoms with van der Waals surface area (Å²) in [4.78, 5) is 18.3. The predicted octanol–water partition coefficient (Wildman–Crippen LogP) is 4.34. The molecule has 3 rings (SSSR count). The minimum Gasteiger partial charge on any atom is -0.341 e. The van der Waals surface area contributed by atoms with Gasteiger partial charge in [0.2, 0.25) is 17.6 Å². The zero-order valence-electron chi connectivity index (χ0n) is 16.4. The molecule has 1 amide bonds. The molecule has 0 atom stereocenters. The highest BCUT2D eigenvalue weighted by molar-refractivity contribution is 5.76. The van der Waals surface area contributed by atoms with Crippen LogP contribution in [0.5, 0.6) is 0 Å². The van der Waals surface area contributed by atoms with Crippen LogP contribution in [-0.4, -0.2) is 28.0 Å². The zero-order chi connectivity index (χ0) is 20.1. The largest absolute Gasteiger partial charge is 0.341 e. The molecular weight excluding hydrogens is 357 g/mol. The lowest BCUT2D eigenvalue weighted by Crippen LogP contribution is -2.26. The molecule has 6 heteroatoms. The fourth-order valence-corrected chi connectivity index (χ4v) is 2.85. The summed E-state index contributed by atoms with van der Waals surface area (Å²) >= 11 is 0. The molecule has 146 valence electrons. The Labute approximate surface area is 164 Å². The van der Waals surface area contributed by atoms with E-state index in [-0.39, 0.29) is 18.1 Å². The predicted molar refractivity (Wildman–Crippen MR) is 105 cm³/mol. The van der Waals surface area contributed by atoms with Crippen LogP contribution in [0.4, 0.5) is 4.39 Å². The summed E-state index contributed by atoms with van der Waals surface area (Å²) in [6.45, 7) is 4.37. The van der Waals surface area contributed by atoms with Gasteiger partial charge in [0, 0.05) is 32.0 Å². The molecule has 0 aliphatic carbocycles. The van der Waals surface area contributed by atoms with E-state index in [1.165, 1.54) is 11.6 Å². The molecule has 1 heterocycles. The SMILES string of the molecule is CCc1ccc(CN(C)C(=O)CCc2nc(-c3ccc(C)c(F)c3)no2)cc1. The molecule has 1 aromatic heterocycles. The van der Waals surface area contributed by atoms with Crippen LogP contribution < -0.4 is 0 Å². The van der Waals surface area contributed by atoms with Crippen LogP contribution in [0.25, 0.3) is 11.4 Å². The molecule has 0 radical (unpaired) electrons. The van der Waals surface area contributed by atoms with Crippen molar-refractivity contribution in [2.75, 3.05) is 7.05 Å². The Morgan fingerprint density at radius 2 is 1.86 bits per heavy atom. The van der Waals surface area contributed by atoms with Crippen LogP contribution in [0, 0.1) is 12.7 Å². The van der Waals surface area contributed by atoms with Crippen molar-refractivity contribution in [3.05, 3.63) is 70.9 Å². The van der Waals surface area contributed by atoms with E-state index in [0.29, 0.717) is 35.8 Å². The fourth-order valence-electron chi connectivity index (χ4n) is 2.85. The Bertz CT molecular complexity index is 951. The number of carbonyl (C=O) groups excluding carboxylic acids is 1. The van der Waals surface area contributed by atoms with E-state index in [1.54, 1.807) is 31.0 Å². The highest BCUT2D eigenvalue weighted by Gasteiger charge is 2.14. The molecule has 28 heavy (non-hydrogen) atoms. The van der Waals surface area contributed by atoms with Crippen LogP contribution in [0.15, 0.2) is 47.0 Å². The number of hydrogen-bond donors (Lipinski definition) is 0. The van der Waals surface area contributed by atoms with Crippen molar-refractivity contribution >= 4 is 5.91 Å². The molecule has 0 bridgehead atoms. The van der Waals surface area contributed by atoms with Gasteiger partial charge in [0.25, 0.3) is 0 Å². The number of aromatic nitrogens is 2. The van der Waals surface area contributed by atoms with Crippen molar-refractivity contribution in [1.29, 1.82) is 0 Å². The molecular formula is C22H24FN3O2. The minimum absolute atomic E-state index is 0.000647. The molecule has 0 saturated carbocycles. The van der Waals surface area contributed by atoms with Gasteiger partial charge in [-0.25, -0.2) is 4.39 Å². The standard InChI is InChI=1S/C22H24FN3O2/c1-4-16-6-8-17(9-7-16)14-26(3)21(27)12-11-20-24-22(25-28-20)18-10-5-15(2)19(23)13-18/h5-10,13H,4,11-12,14H2,1-3H3. The van der Waals surface area contributed by atoms with Gasteiger partial charge >= 0.3 is 0 Å². The maximum atomic E-state index is 13.7. The number of benzene rings is 2. The van der Waals surface area contributed by atoms with E-state index in [1.807, 2.05) is 12.1 Å². The first-order chi connectivity index (χ1) is 13.5. The summed E-state index contributed by atoms with van der Waals surface area (Å²) in [6, 6.07) is 13.1. The lowest BCUT2D eigenvalue weighted by Gasteiger charge is -2.17. The number of nitrogens with zero attached hydrogens (tertiary/aromatic N) is 3. The number of carbonyl (C=O) groups is 1. The highest BCUT2D eigenvalue weighted by atomic mass is 19.1.